The zero-order valence-electron chi connectivity index (χ0n) is 10.1. The largest absolute Gasteiger partial charge is 0.381 e. The van der Waals surface area contributed by atoms with Crippen LogP contribution in [-0.4, -0.2) is 0 Å². The van der Waals surface area contributed by atoms with Crippen molar-refractivity contribution in [2.45, 2.75) is 20.4 Å². The SMILES string of the molecule is Cc1ccc(CNc2cccc(Br)c2)cc1C. The number of hydrogen-bond acceptors (Lipinski definition) is 1. The van der Waals surface area contributed by atoms with Gasteiger partial charge in [0.25, 0.3) is 0 Å². The van der Waals surface area contributed by atoms with Crippen LogP contribution in [0.3, 0.4) is 0 Å². The van der Waals surface area contributed by atoms with E-state index in [9.17, 15) is 0 Å². The van der Waals surface area contributed by atoms with E-state index >= 15 is 0 Å². The molecule has 0 radical (unpaired) electrons. The van der Waals surface area contributed by atoms with Crippen LogP contribution < -0.4 is 5.32 Å². The quantitative estimate of drug-likeness (QED) is 0.865. The van der Waals surface area contributed by atoms with Crippen molar-refractivity contribution in [1.29, 1.82) is 0 Å². The topological polar surface area (TPSA) is 12.0 Å². The molecule has 0 aliphatic rings. The highest BCUT2D eigenvalue weighted by atomic mass is 79.9. The van der Waals surface area contributed by atoms with Crippen LogP contribution in [0.25, 0.3) is 0 Å². The molecule has 88 valence electrons. The smallest absolute Gasteiger partial charge is 0.0400 e. The maximum absolute atomic E-state index is 3.47. The molecule has 0 heterocycles. The third kappa shape index (κ3) is 3.34. The zero-order chi connectivity index (χ0) is 12.3. The van der Waals surface area contributed by atoms with Gasteiger partial charge in [0.1, 0.15) is 0 Å². The number of hydrogen-bond donors (Lipinski definition) is 1. The maximum Gasteiger partial charge on any atom is 0.0400 e. The molecule has 2 aromatic rings. The number of halogens is 1. The minimum atomic E-state index is 0.859. The van der Waals surface area contributed by atoms with Crippen molar-refractivity contribution in [1.82, 2.24) is 0 Å². The standard InChI is InChI=1S/C15H16BrN/c1-11-6-7-13(8-12(11)2)10-17-15-5-3-4-14(16)9-15/h3-9,17H,10H2,1-2H3. The summed E-state index contributed by atoms with van der Waals surface area (Å²) in [4.78, 5) is 0. The van der Waals surface area contributed by atoms with E-state index in [1.165, 1.54) is 16.7 Å². The summed E-state index contributed by atoms with van der Waals surface area (Å²) in [5, 5.41) is 3.42. The second-order valence-corrected chi connectivity index (χ2v) is 5.20. The van der Waals surface area contributed by atoms with Gasteiger partial charge in [-0.3, -0.25) is 0 Å². The Morgan fingerprint density at radius 2 is 1.82 bits per heavy atom. The lowest BCUT2D eigenvalue weighted by molar-refractivity contribution is 1.13. The average molecular weight is 290 g/mol. The Hall–Kier alpha value is -1.28. The Balaban J connectivity index is 2.05. The molecule has 0 aliphatic heterocycles. The van der Waals surface area contributed by atoms with Crippen LogP contribution in [0.5, 0.6) is 0 Å². The van der Waals surface area contributed by atoms with Gasteiger partial charge >= 0.3 is 0 Å². The molecule has 0 aromatic heterocycles. The van der Waals surface area contributed by atoms with Gasteiger partial charge in [0.2, 0.25) is 0 Å². The molecule has 2 rings (SSSR count). The summed E-state index contributed by atoms with van der Waals surface area (Å²) in [5.41, 5.74) is 5.14. The number of nitrogens with one attached hydrogen (secondary N) is 1. The molecular formula is C15H16BrN. The molecule has 2 heteroatoms. The first-order valence-electron chi connectivity index (χ1n) is 5.71. The predicted octanol–water partition coefficient (Wildman–Crippen LogP) is 4.68. The van der Waals surface area contributed by atoms with Crippen molar-refractivity contribution in [2.24, 2.45) is 0 Å². The summed E-state index contributed by atoms with van der Waals surface area (Å²) in [6, 6.07) is 14.8. The molecule has 1 N–H and O–H groups in total. The first-order chi connectivity index (χ1) is 8.15. The fourth-order valence-corrected chi connectivity index (χ4v) is 2.12. The molecule has 0 bridgehead atoms. The van der Waals surface area contributed by atoms with E-state index in [1.54, 1.807) is 0 Å². The van der Waals surface area contributed by atoms with E-state index in [4.69, 9.17) is 0 Å². The lowest BCUT2D eigenvalue weighted by atomic mass is 10.1. The molecule has 1 nitrogen and oxygen atoms in total. The number of aryl methyl sites for hydroxylation is 2. The van der Waals surface area contributed by atoms with Gasteiger partial charge in [0.15, 0.2) is 0 Å². The summed E-state index contributed by atoms with van der Waals surface area (Å²) in [5.74, 6) is 0. The minimum absolute atomic E-state index is 0.859. The van der Waals surface area contributed by atoms with Gasteiger partial charge in [-0.2, -0.15) is 0 Å². The summed E-state index contributed by atoms with van der Waals surface area (Å²) >= 11 is 3.47. The third-order valence-corrected chi connectivity index (χ3v) is 3.39. The Labute approximate surface area is 111 Å². The molecule has 17 heavy (non-hydrogen) atoms. The van der Waals surface area contributed by atoms with Gasteiger partial charge < -0.3 is 5.32 Å². The predicted molar refractivity (Wildman–Crippen MR) is 77.4 cm³/mol. The fraction of sp³-hybridized carbons (Fsp3) is 0.200. The van der Waals surface area contributed by atoms with Crippen molar-refractivity contribution in [3.63, 3.8) is 0 Å². The van der Waals surface area contributed by atoms with Gasteiger partial charge in [0.05, 0.1) is 0 Å². The van der Waals surface area contributed by atoms with Crippen molar-refractivity contribution < 1.29 is 0 Å². The van der Waals surface area contributed by atoms with E-state index in [1.807, 2.05) is 12.1 Å². The second-order valence-electron chi connectivity index (χ2n) is 4.28. The highest BCUT2D eigenvalue weighted by Crippen LogP contribution is 2.17. The summed E-state index contributed by atoms with van der Waals surface area (Å²) in [6.45, 7) is 5.15. The van der Waals surface area contributed by atoms with E-state index in [-0.39, 0.29) is 0 Å². The molecule has 0 spiro atoms. The Morgan fingerprint density at radius 3 is 2.53 bits per heavy atom. The van der Waals surface area contributed by atoms with Crippen molar-refractivity contribution in [3.8, 4) is 0 Å². The van der Waals surface area contributed by atoms with Crippen LogP contribution in [0.2, 0.25) is 0 Å². The van der Waals surface area contributed by atoms with Crippen LogP contribution in [0.1, 0.15) is 16.7 Å². The van der Waals surface area contributed by atoms with E-state index < -0.39 is 0 Å². The third-order valence-electron chi connectivity index (χ3n) is 2.89. The molecule has 0 unspecified atom stereocenters. The Kier molecular flexibility index (Phi) is 3.85. The summed E-state index contributed by atoms with van der Waals surface area (Å²) in [6.07, 6.45) is 0. The van der Waals surface area contributed by atoms with Gasteiger partial charge in [-0.25, -0.2) is 0 Å². The number of benzene rings is 2. The molecule has 0 saturated carbocycles. The fourth-order valence-electron chi connectivity index (χ4n) is 1.72. The first-order valence-corrected chi connectivity index (χ1v) is 6.50. The zero-order valence-corrected chi connectivity index (χ0v) is 11.7. The number of rotatable bonds is 3. The van der Waals surface area contributed by atoms with Crippen LogP contribution >= 0.6 is 15.9 Å². The van der Waals surface area contributed by atoms with E-state index in [0.29, 0.717) is 0 Å². The average Bonchev–Trinajstić information content (AvgIpc) is 2.31. The van der Waals surface area contributed by atoms with Crippen molar-refractivity contribution in [2.75, 3.05) is 5.32 Å². The van der Waals surface area contributed by atoms with Crippen molar-refractivity contribution in [3.05, 3.63) is 63.6 Å². The van der Waals surface area contributed by atoms with Gasteiger partial charge in [0, 0.05) is 16.7 Å². The summed E-state index contributed by atoms with van der Waals surface area (Å²) < 4.78 is 1.10. The maximum atomic E-state index is 3.47. The molecule has 0 aliphatic carbocycles. The molecule has 0 fully saturated rings. The van der Waals surface area contributed by atoms with Gasteiger partial charge in [-0.1, -0.05) is 40.2 Å². The van der Waals surface area contributed by atoms with Gasteiger partial charge in [-0.15, -0.1) is 0 Å². The van der Waals surface area contributed by atoms with E-state index in [0.717, 1.165) is 16.7 Å². The monoisotopic (exact) mass is 289 g/mol. The molecule has 0 amide bonds. The van der Waals surface area contributed by atoms with E-state index in [2.05, 4.69) is 65.4 Å². The molecule has 0 atom stereocenters. The lowest BCUT2D eigenvalue weighted by Gasteiger charge is -2.08. The molecule has 0 saturated heterocycles. The minimum Gasteiger partial charge on any atom is -0.381 e. The molecule has 2 aromatic carbocycles. The van der Waals surface area contributed by atoms with Crippen LogP contribution in [0.4, 0.5) is 5.69 Å². The van der Waals surface area contributed by atoms with Gasteiger partial charge in [-0.05, 0) is 48.7 Å². The lowest BCUT2D eigenvalue weighted by Crippen LogP contribution is -1.99. The van der Waals surface area contributed by atoms with Crippen LogP contribution in [0.15, 0.2) is 46.9 Å². The van der Waals surface area contributed by atoms with Crippen LogP contribution in [-0.2, 0) is 6.54 Å². The number of anilines is 1. The highest BCUT2D eigenvalue weighted by Gasteiger charge is 1.97. The van der Waals surface area contributed by atoms with Crippen molar-refractivity contribution >= 4 is 21.6 Å². The normalized spacial score (nSPS) is 10.3. The Bertz CT molecular complexity index is 520. The Morgan fingerprint density at radius 1 is 1.00 bits per heavy atom. The highest BCUT2D eigenvalue weighted by molar-refractivity contribution is 9.10. The first kappa shape index (κ1) is 12.2. The van der Waals surface area contributed by atoms with Crippen LogP contribution in [0, 0.1) is 13.8 Å². The second kappa shape index (κ2) is 5.37. The molecular weight excluding hydrogens is 274 g/mol. The summed E-state index contributed by atoms with van der Waals surface area (Å²) in [7, 11) is 0.